The Morgan fingerprint density at radius 1 is 1.19 bits per heavy atom. The van der Waals surface area contributed by atoms with Crippen molar-refractivity contribution in [3.63, 3.8) is 0 Å². The van der Waals surface area contributed by atoms with Crippen molar-refractivity contribution in [3.8, 4) is 0 Å². The summed E-state index contributed by atoms with van der Waals surface area (Å²) in [6.07, 6.45) is 2.43. The molecule has 1 saturated heterocycles. The third-order valence-electron chi connectivity index (χ3n) is 4.07. The summed E-state index contributed by atoms with van der Waals surface area (Å²) in [6.45, 7) is 9.94. The number of aromatic nitrogens is 1. The maximum atomic E-state index is 12.3. The zero-order valence-electron chi connectivity index (χ0n) is 16.0. The van der Waals surface area contributed by atoms with E-state index < -0.39 is 11.7 Å². The topological polar surface area (TPSA) is 74.8 Å². The SMILES string of the molecule is CC(C)(C)OC(=O)NCCCC(=O)N1CCN(Cc2ccccn2)CC1. The summed E-state index contributed by atoms with van der Waals surface area (Å²) in [5.41, 5.74) is 0.551. The predicted molar refractivity (Wildman–Crippen MR) is 99.6 cm³/mol. The number of ether oxygens (including phenoxy) is 1. The zero-order chi connectivity index (χ0) is 19.0. The third kappa shape index (κ3) is 7.39. The largest absolute Gasteiger partial charge is 0.444 e. The molecule has 0 bridgehead atoms. The van der Waals surface area contributed by atoms with Crippen molar-refractivity contribution in [1.82, 2.24) is 20.1 Å². The van der Waals surface area contributed by atoms with E-state index in [0.29, 0.717) is 19.4 Å². The second kappa shape index (κ2) is 9.52. The van der Waals surface area contributed by atoms with Gasteiger partial charge in [0.05, 0.1) is 5.69 Å². The van der Waals surface area contributed by atoms with E-state index in [1.807, 2.05) is 43.9 Å². The van der Waals surface area contributed by atoms with Crippen molar-refractivity contribution >= 4 is 12.0 Å². The molecule has 1 aliphatic heterocycles. The standard InChI is InChI=1S/C19H30N4O3/c1-19(2,3)26-18(25)21-10-6-8-17(24)23-13-11-22(12-14-23)15-16-7-4-5-9-20-16/h4-5,7,9H,6,8,10-15H2,1-3H3,(H,21,25). The average molecular weight is 362 g/mol. The highest BCUT2D eigenvalue weighted by molar-refractivity contribution is 5.76. The first-order valence-electron chi connectivity index (χ1n) is 9.20. The van der Waals surface area contributed by atoms with Gasteiger partial charge in [-0.3, -0.25) is 14.7 Å². The van der Waals surface area contributed by atoms with Gasteiger partial charge in [-0.25, -0.2) is 4.79 Å². The highest BCUT2D eigenvalue weighted by Crippen LogP contribution is 2.09. The summed E-state index contributed by atoms with van der Waals surface area (Å²) < 4.78 is 5.17. The van der Waals surface area contributed by atoms with E-state index in [1.54, 1.807) is 6.20 Å². The van der Waals surface area contributed by atoms with Gasteiger partial charge < -0.3 is 15.0 Å². The monoisotopic (exact) mass is 362 g/mol. The first kappa shape index (κ1) is 20.2. The van der Waals surface area contributed by atoms with Gasteiger partial charge in [-0.15, -0.1) is 0 Å². The molecule has 0 saturated carbocycles. The zero-order valence-corrected chi connectivity index (χ0v) is 16.0. The summed E-state index contributed by atoms with van der Waals surface area (Å²) in [5.74, 6) is 0.147. The van der Waals surface area contributed by atoms with Gasteiger partial charge >= 0.3 is 6.09 Å². The number of carbonyl (C=O) groups excluding carboxylic acids is 2. The van der Waals surface area contributed by atoms with E-state index in [2.05, 4.69) is 15.2 Å². The van der Waals surface area contributed by atoms with E-state index in [1.165, 1.54) is 0 Å². The second-order valence-electron chi connectivity index (χ2n) is 7.51. The van der Waals surface area contributed by atoms with Crippen LogP contribution >= 0.6 is 0 Å². The van der Waals surface area contributed by atoms with Crippen molar-refractivity contribution in [2.75, 3.05) is 32.7 Å². The van der Waals surface area contributed by atoms with Gasteiger partial charge in [0.15, 0.2) is 0 Å². The number of alkyl carbamates (subject to hydrolysis) is 1. The van der Waals surface area contributed by atoms with Crippen LogP contribution in [0.3, 0.4) is 0 Å². The van der Waals surface area contributed by atoms with Crippen molar-refractivity contribution in [2.45, 2.75) is 45.8 Å². The number of pyridine rings is 1. The molecule has 0 atom stereocenters. The molecule has 0 spiro atoms. The first-order valence-corrected chi connectivity index (χ1v) is 9.20. The molecule has 144 valence electrons. The quantitative estimate of drug-likeness (QED) is 0.784. The molecule has 7 nitrogen and oxygen atoms in total. The molecule has 0 unspecified atom stereocenters. The fourth-order valence-corrected chi connectivity index (χ4v) is 2.78. The fourth-order valence-electron chi connectivity index (χ4n) is 2.78. The van der Waals surface area contributed by atoms with Gasteiger partial charge in [0.25, 0.3) is 0 Å². The number of piperazine rings is 1. The Balaban J connectivity index is 1.60. The number of hydrogen-bond acceptors (Lipinski definition) is 5. The van der Waals surface area contributed by atoms with Crippen molar-refractivity contribution in [2.24, 2.45) is 0 Å². The Bertz CT molecular complexity index is 578. The lowest BCUT2D eigenvalue weighted by molar-refractivity contribution is -0.133. The molecule has 1 aromatic rings. The van der Waals surface area contributed by atoms with E-state index in [9.17, 15) is 9.59 Å². The summed E-state index contributed by atoms with van der Waals surface area (Å²) >= 11 is 0. The lowest BCUT2D eigenvalue weighted by atomic mass is 10.2. The van der Waals surface area contributed by atoms with Gasteiger partial charge in [-0.05, 0) is 39.3 Å². The molecular formula is C19H30N4O3. The van der Waals surface area contributed by atoms with Crippen LogP contribution in [0.15, 0.2) is 24.4 Å². The average Bonchev–Trinajstić information content (AvgIpc) is 2.58. The molecule has 0 radical (unpaired) electrons. The maximum absolute atomic E-state index is 12.3. The normalized spacial score (nSPS) is 15.6. The number of nitrogens with one attached hydrogen (secondary N) is 1. The van der Waals surface area contributed by atoms with Gasteiger partial charge in [0, 0.05) is 51.9 Å². The van der Waals surface area contributed by atoms with Crippen molar-refractivity contribution in [1.29, 1.82) is 0 Å². The summed E-state index contributed by atoms with van der Waals surface area (Å²) in [4.78, 5) is 32.4. The lowest BCUT2D eigenvalue weighted by Gasteiger charge is -2.34. The maximum Gasteiger partial charge on any atom is 0.407 e. The lowest BCUT2D eigenvalue weighted by Crippen LogP contribution is -2.48. The van der Waals surface area contributed by atoms with Crippen molar-refractivity contribution < 1.29 is 14.3 Å². The highest BCUT2D eigenvalue weighted by atomic mass is 16.6. The van der Waals surface area contributed by atoms with Gasteiger partial charge in [0.2, 0.25) is 5.91 Å². The van der Waals surface area contributed by atoms with Gasteiger partial charge in [0.1, 0.15) is 5.60 Å². The molecule has 1 N–H and O–H groups in total. The second-order valence-corrected chi connectivity index (χ2v) is 7.51. The Hall–Kier alpha value is -2.15. The summed E-state index contributed by atoms with van der Waals surface area (Å²) in [7, 11) is 0. The van der Waals surface area contributed by atoms with Crippen LogP contribution < -0.4 is 5.32 Å². The Labute approximate surface area is 155 Å². The summed E-state index contributed by atoms with van der Waals surface area (Å²) in [5, 5.41) is 2.68. The Kier molecular flexibility index (Phi) is 7.38. The molecular weight excluding hydrogens is 332 g/mol. The molecule has 1 fully saturated rings. The smallest absolute Gasteiger partial charge is 0.407 e. The van der Waals surface area contributed by atoms with Crippen LogP contribution in [-0.2, 0) is 16.1 Å². The van der Waals surface area contributed by atoms with Crippen molar-refractivity contribution in [3.05, 3.63) is 30.1 Å². The first-order chi connectivity index (χ1) is 12.3. The molecule has 1 aliphatic rings. The van der Waals surface area contributed by atoms with Crippen LogP contribution in [0, 0.1) is 0 Å². The third-order valence-corrected chi connectivity index (χ3v) is 4.07. The molecule has 1 aromatic heterocycles. The minimum Gasteiger partial charge on any atom is -0.444 e. The fraction of sp³-hybridized carbons (Fsp3) is 0.632. The minimum atomic E-state index is -0.505. The van der Waals surface area contributed by atoms with Gasteiger partial charge in [-0.2, -0.15) is 0 Å². The number of hydrogen-bond donors (Lipinski definition) is 1. The van der Waals surface area contributed by atoms with E-state index in [-0.39, 0.29) is 5.91 Å². The molecule has 2 amide bonds. The predicted octanol–water partition coefficient (Wildman–Crippen LogP) is 2.03. The van der Waals surface area contributed by atoms with E-state index >= 15 is 0 Å². The molecule has 2 rings (SSSR count). The molecule has 26 heavy (non-hydrogen) atoms. The Morgan fingerprint density at radius 2 is 1.92 bits per heavy atom. The van der Waals surface area contributed by atoms with E-state index in [4.69, 9.17) is 4.74 Å². The van der Waals surface area contributed by atoms with Crippen LogP contribution in [-0.4, -0.2) is 65.1 Å². The number of carbonyl (C=O) groups is 2. The highest BCUT2D eigenvalue weighted by Gasteiger charge is 2.21. The van der Waals surface area contributed by atoms with E-state index in [0.717, 1.165) is 38.4 Å². The number of nitrogens with zero attached hydrogens (tertiary/aromatic N) is 3. The molecule has 2 heterocycles. The molecule has 0 aliphatic carbocycles. The summed E-state index contributed by atoms with van der Waals surface area (Å²) in [6, 6.07) is 5.93. The van der Waals surface area contributed by atoms with Crippen LogP contribution in [0.2, 0.25) is 0 Å². The minimum absolute atomic E-state index is 0.147. The number of rotatable bonds is 6. The number of amides is 2. The Morgan fingerprint density at radius 3 is 2.54 bits per heavy atom. The van der Waals surface area contributed by atoms with Crippen LogP contribution in [0.4, 0.5) is 4.79 Å². The van der Waals surface area contributed by atoms with Crippen LogP contribution in [0.5, 0.6) is 0 Å². The van der Waals surface area contributed by atoms with Crippen LogP contribution in [0.1, 0.15) is 39.3 Å². The van der Waals surface area contributed by atoms with Gasteiger partial charge in [-0.1, -0.05) is 6.07 Å². The molecule has 0 aromatic carbocycles. The molecule has 7 heteroatoms. The van der Waals surface area contributed by atoms with Crippen LogP contribution in [0.25, 0.3) is 0 Å².